The van der Waals surface area contributed by atoms with E-state index in [9.17, 15) is 9.59 Å². The van der Waals surface area contributed by atoms with E-state index < -0.39 is 5.76 Å². The van der Waals surface area contributed by atoms with Gasteiger partial charge in [-0.25, -0.2) is 9.78 Å². The van der Waals surface area contributed by atoms with E-state index in [0.717, 1.165) is 27.3 Å². The third-order valence-corrected chi connectivity index (χ3v) is 6.03. The lowest BCUT2D eigenvalue weighted by atomic mass is 10.0. The van der Waals surface area contributed by atoms with Gasteiger partial charge in [0.15, 0.2) is 24.0 Å². The van der Waals surface area contributed by atoms with Gasteiger partial charge in [-0.15, -0.1) is 9.78 Å². The Morgan fingerprint density at radius 3 is 3.00 bits per heavy atom. The molecule has 0 spiro atoms. The Morgan fingerprint density at radius 2 is 2.16 bits per heavy atom. The highest BCUT2D eigenvalue weighted by molar-refractivity contribution is 6.31. The molecule has 2 aromatic heterocycles. The molecule has 1 aromatic carbocycles. The Morgan fingerprint density at radius 1 is 1.28 bits per heavy atom. The number of fused-ring (bicyclic) bond motifs is 2. The maximum atomic E-state index is 12.2. The third-order valence-electron chi connectivity index (χ3n) is 5.68. The minimum absolute atomic E-state index is 0.0621. The minimum atomic E-state index is -0.654. The first-order valence-corrected chi connectivity index (χ1v) is 10.6. The number of anilines is 1. The molecule has 1 aliphatic carbocycles. The van der Waals surface area contributed by atoms with E-state index in [0.29, 0.717) is 25.3 Å². The molecule has 0 saturated heterocycles. The summed E-state index contributed by atoms with van der Waals surface area (Å²) >= 11 is 6.29. The number of hydrogen-bond acceptors (Lipinski definition) is 8. The van der Waals surface area contributed by atoms with E-state index in [1.165, 1.54) is 0 Å². The highest BCUT2D eigenvalue weighted by Crippen LogP contribution is 2.37. The topological polar surface area (TPSA) is 137 Å². The van der Waals surface area contributed by atoms with Crippen molar-refractivity contribution in [3.05, 3.63) is 62.9 Å². The molecule has 0 saturated carbocycles. The molecule has 0 fully saturated rings. The zero-order valence-corrected chi connectivity index (χ0v) is 17.8. The first kappa shape index (κ1) is 20.7. The molecule has 3 aromatic rings. The lowest BCUT2D eigenvalue weighted by Gasteiger charge is -2.16. The molecule has 0 radical (unpaired) electrons. The zero-order chi connectivity index (χ0) is 22.2. The number of nitrogens with one attached hydrogen (secondary N) is 2. The third kappa shape index (κ3) is 3.88. The van der Waals surface area contributed by atoms with Crippen LogP contribution >= 0.6 is 11.6 Å². The number of nitrogens with zero attached hydrogens (tertiary/aromatic N) is 3. The number of aromatic nitrogens is 3. The van der Waals surface area contributed by atoms with Gasteiger partial charge in [0, 0.05) is 30.6 Å². The van der Waals surface area contributed by atoms with Crippen LogP contribution in [-0.2, 0) is 17.6 Å². The van der Waals surface area contributed by atoms with Crippen LogP contribution in [0.4, 0.5) is 5.82 Å². The summed E-state index contributed by atoms with van der Waals surface area (Å²) in [7, 11) is 0. The molecule has 1 aliphatic heterocycles. The number of pyridine rings is 1. The summed E-state index contributed by atoms with van der Waals surface area (Å²) in [4.78, 5) is 28.0. The molecular weight excluding hydrogens is 436 g/mol. The Bertz CT molecular complexity index is 1240. The van der Waals surface area contributed by atoms with Crippen molar-refractivity contribution >= 4 is 23.3 Å². The molecule has 1 amide bonds. The van der Waals surface area contributed by atoms with Crippen LogP contribution in [0, 0.1) is 5.92 Å². The molecule has 32 heavy (non-hydrogen) atoms. The fourth-order valence-corrected chi connectivity index (χ4v) is 4.32. The van der Waals surface area contributed by atoms with Crippen LogP contribution in [-0.4, -0.2) is 40.4 Å². The Hall–Kier alpha value is -3.21. The Kier molecular flexibility index (Phi) is 5.41. The SMILES string of the molecule is NC1c2cccc(Cl)c2CC1CNCCc1nn(-c2ccc3c(n2)NC(=O)CO3)c(=O)o1. The van der Waals surface area contributed by atoms with Crippen molar-refractivity contribution in [2.45, 2.75) is 18.9 Å². The van der Waals surface area contributed by atoms with Gasteiger partial charge in [0.2, 0.25) is 5.89 Å². The van der Waals surface area contributed by atoms with E-state index in [1.54, 1.807) is 12.1 Å². The molecule has 11 heteroatoms. The first-order chi connectivity index (χ1) is 15.5. The van der Waals surface area contributed by atoms with Crippen LogP contribution in [0.3, 0.4) is 0 Å². The molecule has 166 valence electrons. The Balaban J connectivity index is 1.19. The second-order valence-electron chi connectivity index (χ2n) is 7.78. The number of benzene rings is 1. The second-order valence-corrected chi connectivity index (χ2v) is 8.19. The molecule has 10 nitrogen and oxygen atoms in total. The van der Waals surface area contributed by atoms with Crippen molar-refractivity contribution in [1.82, 2.24) is 20.1 Å². The van der Waals surface area contributed by atoms with Crippen LogP contribution in [0.5, 0.6) is 5.75 Å². The fraction of sp³-hybridized carbons (Fsp3) is 0.333. The van der Waals surface area contributed by atoms with Gasteiger partial charge < -0.3 is 25.5 Å². The highest BCUT2D eigenvalue weighted by Gasteiger charge is 2.30. The number of ether oxygens (including phenoxy) is 1. The molecule has 2 atom stereocenters. The quantitative estimate of drug-likeness (QED) is 0.470. The smallest absolute Gasteiger partial charge is 0.443 e. The van der Waals surface area contributed by atoms with E-state index in [2.05, 4.69) is 20.7 Å². The predicted molar refractivity (Wildman–Crippen MR) is 116 cm³/mol. The van der Waals surface area contributed by atoms with Gasteiger partial charge in [-0.3, -0.25) is 4.79 Å². The van der Waals surface area contributed by atoms with Crippen LogP contribution in [0.25, 0.3) is 5.82 Å². The van der Waals surface area contributed by atoms with Crippen molar-refractivity contribution in [3.63, 3.8) is 0 Å². The number of carbonyl (C=O) groups is 1. The largest absolute Gasteiger partial charge is 0.480 e. The van der Waals surface area contributed by atoms with Gasteiger partial charge in [0.25, 0.3) is 5.91 Å². The highest BCUT2D eigenvalue weighted by atomic mass is 35.5. The number of rotatable bonds is 6. The lowest BCUT2D eigenvalue weighted by molar-refractivity contribution is -0.118. The van der Waals surface area contributed by atoms with E-state index >= 15 is 0 Å². The summed E-state index contributed by atoms with van der Waals surface area (Å²) < 4.78 is 11.6. The maximum absolute atomic E-state index is 12.2. The van der Waals surface area contributed by atoms with E-state index in [-0.39, 0.29) is 42.0 Å². The van der Waals surface area contributed by atoms with Gasteiger partial charge in [-0.1, -0.05) is 23.7 Å². The second kappa shape index (κ2) is 8.38. The monoisotopic (exact) mass is 456 g/mol. The van der Waals surface area contributed by atoms with E-state index in [1.807, 2.05) is 18.2 Å². The standard InChI is InChI=1S/C21H21ClN6O4/c22-14-3-1-2-12-13(14)8-11(19(12)23)9-24-7-6-18-27-28(21(30)32-18)16-5-4-15-20(25-16)26-17(29)10-31-15/h1-5,11,19,24H,6-10,23H2,(H,25,26,29). The average Bonchev–Trinajstić information content (AvgIpc) is 3.31. The number of carbonyl (C=O) groups excluding carboxylic acids is 1. The molecule has 0 bridgehead atoms. The predicted octanol–water partition coefficient (Wildman–Crippen LogP) is 1.21. The normalized spacial score (nSPS) is 19.2. The Labute approximate surface area is 187 Å². The summed E-state index contributed by atoms with van der Waals surface area (Å²) in [6, 6.07) is 8.97. The van der Waals surface area contributed by atoms with Crippen LogP contribution in [0.1, 0.15) is 23.1 Å². The molecule has 2 unspecified atom stereocenters. The summed E-state index contributed by atoms with van der Waals surface area (Å²) in [5, 5.41) is 10.9. The van der Waals surface area contributed by atoms with Crippen LogP contribution in [0.15, 0.2) is 39.5 Å². The molecule has 2 aliphatic rings. The number of hydrogen-bond donors (Lipinski definition) is 3. The zero-order valence-electron chi connectivity index (χ0n) is 17.0. The van der Waals surface area contributed by atoms with Gasteiger partial charge in [0.05, 0.1) is 0 Å². The van der Waals surface area contributed by atoms with Crippen LogP contribution < -0.4 is 26.9 Å². The van der Waals surface area contributed by atoms with Crippen LogP contribution in [0.2, 0.25) is 5.02 Å². The average molecular weight is 457 g/mol. The van der Waals surface area contributed by atoms with Gasteiger partial charge >= 0.3 is 5.76 Å². The van der Waals surface area contributed by atoms with Crippen molar-refractivity contribution < 1.29 is 13.9 Å². The fourth-order valence-electron chi connectivity index (χ4n) is 4.06. The first-order valence-electron chi connectivity index (χ1n) is 10.3. The van der Waals surface area contributed by atoms with Gasteiger partial charge in [0.1, 0.15) is 0 Å². The molecule has 5 rings (SSSR count). The minimum Gasteiger partial charge on any atom is -0.480 e. The lowest BCUT2D eigenvalue weighted by Crippen LogP contribution is -2.30. The van der Waals surface area contributed by atoms with Crippen molar-refractivity contribution in [2.24, 2.45) is 11.7 Å². The summed E-state index contributed by atoms with van der Waals surface area (Å²) in [5.74, 6) is 0.464. The molecular formula is C21H21ClN6O4. The van der Waals surface area contributed by atoms with Crippen molar-refractivity contribution in [1.29, 1.82) is 0 Å². The van der Waals surface area contributed by atoms with Gasteiger partial charge in [-0.05, 0) is 41.7 Å². The number of amides is 1. The molecule has 4 N–H and O–H groups in total. The van der Waals surface area contributed by atoms with Crippen molar-refractivity contribution in [2.75, 3.05) is 25.0 Å². The summed E-state index contributed by atoms with van der Waals surface area (Å²) in [6.07, 6.45) is 1.25. The summed E-state index contributed by atoms with van der Waals surface area (Å²) in [5.41, 5.74) is 8.61. The number of halogens is 1. The number of nitrogens with two attached hydrogens (primary N) is 1. The molecule has 3 heterocycles. The van der Waals surface area contributed by atoms with E-state index in [4.69, 9.17) is 26.5 Å². The summed E-state index contributed by atoms with van der Waals surface area (Å²) in [6.45, 7) is 1.21. The van der Waals surface area contributed by atoms with Crippen molar-refractivity contribution in [3.8, 4) is 11.6 Å². The maximum Gasteiger partial charge on any atom is 0.443 e. The van der Waals surface area contributed by atoms with Gasteiger partial charge in [-0.2, -0.15) is 0 Å².